The van der Waals surface area contributed by atoms with E-state index in [4.69, 9.17) is 37.4 Å². The van der Waals surface area contributed by atoms with Crippen LogP contribution in [0.3, 0.4) is 0 Å². The average Bonchev–Trinajstić information content (AvgIpc) is 2.75. The fourth-order valence-corrected chi connectivity index (χ4v) is 3.56. The van der Waals surface area contributed by atoms with Crippen molar-refractivity contribution in [3.63, 3.8) is 0 Å². The van der Waals surface area contributed by atoms with Gasteiger partial charge in [0, 0.05) is 29.2 Å². The summed E-state index contributed by atoms with van der Waals surface area (Å²) in [4.78, 5) is 0. The Morgan fingerprint density at radius 3 is 2.23 bits per heavy atom. The fraction of sp³-hybridized carbons (Fsp3) is 0.250. The summed E-state index contributed by atoms with van der Waals surface area (Å²) in [6, 6.07) is 19.3. The molecule has 0 unspecified atom stereocenters. The van der Waals surface area contributed by atoms with Crippen LogP contribution in [-0.2, 0) is 19.7 Å². The number of hydrogen-bond donors (Lipinski definition) is 1. The van der Waals surface area contributed by atoms with Gasteiger partial charge in [-0.05, 0) is 36.8 Å². The van der Waals surface area contributed by atoms with Crippen LogP contribution in [0.2, 0.25) is 10.0 Å². The molecule has 7 heteroatoms. The minimum absolute atomic E-state index is 0. The van der Waals surface area contributed by atoms with E-state index in [0.29, 0.717) is 47.8 Å². The summed E-state index contributed by atoms with van der Waals surface area (Å²) in [6.07, 6.45) is 0. The smallest absolute Gasteiger partial charge is 0.180 e. The zero-order valence-electron chi connectivity index (χ0n) is 17.5. The third-order valence-electron chi connectivity index (χ3n) is 4.54. The molecule has 3 aromatic rings. The Balaban J connectivity index is 0.00000341. The van der Waals surface area contributed by atoms with E-state index < -0.39 is 0 Å². The van der Waals surface area contributed by atoms with Crippen LogP contribution in [0.5, 0.6) is 17.2 Å². The normalized spacial score (nSPS) is 10.3. The van der Waals surface area contributed by atoms with Crippen molar-refractivity contribution < 1.29 is 14.2 Å². The Bertz CT molecular complexity index is 982. The van der Waals surface area contributed by atoms with E-state index in [9.17, 15) is 0 Å². The Morgan fingerprint density at radius 2 is 1.52 bits per heavy atom. The predicted molar refractivity (Wildman–Crippen MR) is 129 cm³/mol. The van der Waals surface area contributed by atoms with Crippen LogP contribution in [0.4, 0.5) is 0 Å². The van der Waals surface area contributed by atoms with Crippen LogP contribution in [0, 0.1) is 0 Å². The monoisotopic (exact) mass is 481 g/mol. The summed E-state index contributed by atoms with van der Waals surface area (Å²) >= 11 is 12.8. The first kappa shape index (κ1) is 25.2. The van der Waals surface area contributed by atoms with Crippen molar-refractivity contribution in [1.82, 2.24) is 5.32 Å². The van der Waals surface area contributed by atoms with Crippen LogP contribution >= 0.6 is 35.6 Å². The number of benzene rings is 3. The van der Waals surface area contributed by atoms with Gasteiger partial charge in [0.2, 0.25) is 0 Å². The number of ether oxygens (including phenoxy) is 3. The number of methoxy groups -OCH3 is 1. The zero-order valence-corrected chi connectivity index (χ0v) is 19.8. The third kappa shape index (κ3) is 6.94. The maximum atomic E-state index is 6.53. The van der Waals surface area contributed by atoms with Crippen LogP contribution < -0.4 is 19.5 Å². The molecule has 3 rings (SSSR count). The van der Waals surface area contributed by atoms with E-state index >= 15 is 0 Å². The second-order valence-corrected chi connectivity index (χ2v) is 7.45. The lowest BCUT2D eigenvalue weighted by atomic mass is 10.1. The second-order valence-electron chi connectivity index (χ2n) is 6.63. The molecule has 0 aliphatic carbocycles. The lowest BCUT2D eigenvalue weighted by molar-refractivity contribution is 0.269. The summed E-state index contributed by atoms with van der Waals surface area (Å²) < 4.78 is 17.2. The minimum atomic E-state index is 0. The molecule has 0 saturated carbocycles. The van der Waals surface area contributed by atoms with Crippen LogP contribution in [0.1, 0.15) is 23.6 Å². The van der Waals surface area contributed by atoms with Gasteiger partial charge in [-0.1, -0.05) is 59.6 Å². The van der Waals surface area contributed by atoms with Crippen molar-refractivity contribution >= 4 is 35.6 Å². The predicted octanol–water partition coefficient (Wildman–Crippen LogP) is 6.69. The van der Waals surface area contributed by atoms with Gasteiger partial charge >= 0.3 is 0 Å². The molecule has 0 heterocycles. The maximum absolute atomic E-state index is 6.53. The van der Waals surface area contributed by atoms with E-state index in [2.05, 4.69) is 5.32 Å². The highest BCUT2D eigenvalue weighted by atomic mass is 35.5. The first-order valence-electron chi connectivity index (χ1n) is 9.76. The van der Waals surface area contributed by atoms with E-state index in [0.717, 1.165) is 22.4 Å². The molecule has 0 bridgehead atoms. The Morgan fingerprint density at radius 1 is 0.806 bits per heavy atom. The highest BCUT2D eigenvalue weighted by molar-refractivity contribution is 6.32. The van der Waals surface area contributed by atoms with Gasteiger partial charge in [-0.25, -0.2) is 0 Å². The SMILES string of the molecule is CCOc1cc(CNCc2ccccc2OC)cc(Cl)c1OCc1ccccc1Cl.Cl. The summed E-state index contributed by atoms with van der Waals surface area (Å²) in [5.74, 6) is 2.00. The van der Waals surface area contributed by atoms with Crippen molar-refractivity contribution in [3.8, 4) is 17.2 Å². The quantitative estimate of drug-likeness (QED) is 0.349. The van der Waals surface area contributed by atoms with Crippen LogP contribution in [-0.4, -0.2) is 13.7 Å². The van der Waals surface area contributed by atoms with Gasteiger partial charge in [-0.3, -0.25) is 0 Å². The van der Waals surface area contributed by atoms with E-state index in [1.54, 1.807) is 7.11 Å². The molecule has 0 aliphatic rings. The van der Waals surface area contributed by atoms with E-state index in [1.807, 2.05) is 67.6 Å². The van der Waals surface area contributed by atoms with Gasteiger partial charge < -0.3 is 19.5 Å². The number of halogens is 3. The molecule has 0 saturated heterocycles. The number of hydrogen-bond acceptors (Lipinski definition) is 4. The fourth-order valence-electron chi connectivity index (χ4n) is 3.08. The molecule has 31 heavy (non-hydrogen) atoms. The number of nitrogens with one attached hydrogen (secondary N) is 1. The van der Waals surface area contributed by atoms with Gasteiger partial charge in [0.15, 0.2) is 11.5 Å². The molecule has 4 nitrogen and oxygen atoms in total. The third-order valence-corrected chi connectivity index (χ3v) is 5.19. The standard InChI is InChI=1S/C24H25Cl2NO3.ClH/c1-3-29-23-13-17(14-27-15-18-8-5-7-11-22(18)28-2)12-21(26)24(23)30-16-19-9-4-6-10-20(19)25;/h4-13,27H,3,14-16H2,1-2H3;1H. The molecule has 0 aromatic heterocycles. The van der Waals surface area contributed by atoms with Gasteiger partial charge in [0.05, 0.1) is 18.7 Å². The van der Waals surface area contributed by atoms with E-state index in [1.165, 1.54) is 0 Å². The molecular formula is C24H26Cl3NO3. The average molecular weight is 483 g/mol. The Kier molecular flexibility index (Phi) is 10.3. The molecule has 3 aromatic carbocycles. The lowest BCUT2D eigenvalue weighted by Crippen LogP contribution is -2.13. The highest BCUT2D eigenvalue weighted by Gasteiger charge is 2.14. The molecule has 0 amide bonds. The first-order chi connectivity index (χ1) is 14.6. The van der Waals surface area contributed by atoms with Crippen molar-refractivity contribution in [3.05, 3.63) is 87.4 Å². The molecule has 0 fully saturated rings. The van der Waals surface area contributed by atoms with Gasteiger partial charge in [-0.15, -0.1) is 12.4 Å². The zero-order chi connectivity index (χ0) is 21.3. The molecule has 0 spiro atoms. The highest BCUT2D eigenvalue weighted by Crippen LogP contribution is 2.37. The second kappa shape index (κ2) is 12.7. The van der Waals surface area contributed by atoms with Crippen LogP contribution in [0.15, 0.2) is 60.7 Å². The summed E-state index contributed by atoms with van der Waals surface area (Å²) in [6.45, 7) is 4.05. The van der Waals surface area contributed by atoms with Crippen molar-refractivity contribution in [1.29, 1.82) is 0 Å². The van der Waals surface area contributed by atoms with Gasteiger partial charge in [0.1, 0.15) is 12.4 Å². The topological polar surface area (TPSA) is 39.7 Å². The Hall–Kier alpha value is -2.11. The Labute approximate surface area is 199 Å². The summed E-state index contributed by atoms with van der Waals surface area (Å²) in [5.41, 5.74) is 2.99. The molecule has 0 atom stereocenters. The number of rotatable bonds is 10. The maximum Gasteiger partial charge on any atom is 0.180 e. The van der Waals surface area contributed by atoms with Crippen LogP contribution in [0.25, 0.3) is 0 Å². The number of para-hydroxylation sites is 1. The van der Waals surface area contributed by atoms with Crippen molar-refractivity contribution in [2.45, 2.75) is 26.6 Å². The summed E-state index contributed by atoms with van der Waals surface area (Å²) in [5, 5.41) is 4.58. The van der Waals surface area contributed by atoms with Gasteiger partial charge in [0.25, 0.3) is 0 Å². The molecule has 0 radical (unpaired) electrons. The minimum Gasteiger partial charge on any atom is -0.496 e. The molecular weight excluding hydrogens is 457 g/mol. The molecule has 0 aliphatic heterocycles. The van der Waals surface area contributed by atoms with Gasteiger partial charge in [-0.2, -0.15) is 0 Å². The summed E-state index contributed by atoms with van der Waals surface area (Å²) in [7, 11) is 1.67. The van der Waals surface area contributed by atoms with Crippen molar-refractivity contribution in [2.24, 2.45) is 0 Å². The van der Waals surface area contributed by atoms with Crippen molar-refractivity contribution in [2.75, 3.05) is 13.7 Å². The molecule has 1 N–H and O–H groups in total. The lowest BCUT2D eigenvalue weighted by Gasteiger charge is -2.16. The van der Waals surface area contributed by atoms with E-state index in [-0.39, 0.29) is 12.4 Å². The molecule has 166 valence electrons. The first-order valence-corrected chi connectivity index (χ1v) is 10.5. The largest absolute Gasteiger partial charge is 0.496 e.